The highest BCUT2D eigenvalue weighted by molar-refractivity contribution is 7.85. The highest BCUT2D eigenvalue weighted by atomic mass is 32.2. The van der Waals surface area contributed by atoms with Crippen LogP contribution in [-0.4, -0.2) is 38.2 Å². The zero-order valence-electron chi connectivity index (χ0n) is 16.6. The summed E-state index contributed by atoms with van der Waals surface area (Å²) in [5.74, 6) is 0. The summed E-state index contributed by atoms with van der Waals surface area (Å²) in [6, 6.07) is 8.58. The van der Waals surface area contributed by atoms with Gasteiger partial charge in [-0.15, -0.1) is 0 Å². The maximum atomic E-state index is 12.8. The first-order valence-electron chi connectivity index (χ1n) is 9.37. The molecule has 25 heavy (non-hydrogen) atoms. The summed E-state index contributed by atoms with van der Waals surface area (Å²) in [7, 11) is -1.21. The van der Waals surface area contributed by atoms with Gasteiger partial charge in [-0.3, -0.25) is 4.90 Å². The fourth-order valence-electron chi connectivity index (χ4n) is 4.02. The molecule has 1 aliphatic carbocycles. The van der Waals surface area contributed by atoms with Crippen LogP contribution in [0.2, 0.25) is 0 Å². The number of nitrogens with zero attached hydrogens (tertiary/aromatic N) is 2. The molecule has 1 fully saturated rings. The second kappa shape index (κ2) is 6.31. The van der Waals surface area contributed by atoms with Crippen LogP contribution >= 0.6 is 0 Å². The zero-order chi connectivity index (χ0) is 18.5. The molecule has 2 aliphatic rings. The number of hydrogen-bond donors (Lipinski definition) is 0. The Bertz CT molecular complexity index is 701. The van der Waals surface area contributed by atoms with Crippen molar-refractivity contribution in [3.8, 4) is 0 Å². The average molecular weight is 361 g/mol. The van der Waals surface area contributed by atoms with Gasteiger partial charge in [-0.2, -0.15) is 4.40 Å². The van der Waals surface area contributed by atoms with Crippen molar-refractivity contribution in [1.29, 1.82) is 0 Å². The number of hydrogen-bond acceptors (Lipinski definition) is 2. The van der Waals surface area contributed by atoms with E-state index in [1.807, 2.05) is 20.8 Å². The second-order valence-electron chi connectivity index (χ2n) is 9.57. The Hall–Kier alpha value is -1.00. The minimum absolute atomic E-state index is 0.0619. The summed E-state index contributed by atoms with van der Waals surface area (Å²) in [6.45, 7) is 15.0. The Labute approximate surface area is 155 Å². The highest BCUT2D eigenvalue weighted by Gasteiger charge is 2.46. The van der Waals surface area contributed by atoms with Crippen molar-refractivity contribution in [3.05, 3.63) is 35.4 Å². The van der Waals surface area contributed by atoms with E-state index in [0.29, 0.717) is 0 Å². The molecule has 1 aliphatic heterocycles. The summed E-state index contributed by atoms with van der Waals surface area (Å²) < 4.78 is 17.3. The summed E-state index contributed by atoms with van der Waals surface area (Å²) in [5.41, 5.74) is 3.97. The fourth-order valence-corrected chi connectivity index (χ4v) is 4.76. The third-order valence-corrected chi connectivity index (χ3v) is 7.07. The van der Waals surface area contributed by atoms with E-state index in [0.717, 1.165) is 38.1 Å². The van der Waals surface area contributed by atoms with Gasteiger partial charge in [0.2, 0.25) is 0 Å². The largest absolute Gasteiger partial charge is 0.298 e. The van der Waals surface area contributed by atoms with Gasteiger partial charge >= 0.3 is 0 Å². The van der Waals surface area contributed by atoms with Crippen LogP contribution in [0.25, 0.3) is 0 Å². The fraction of sp³-hybridized carbons (Fsp3) is 0.667. The molecule has 0 aromatic heterocycles. The first-order valence-corrected chi connectivity index (χ1v) is 10.5. The molecule has 138 valence electrons. The van der Waals surface area contributed by atoms with E-state index in [1.165, 1.54) is 11.1 Å². The zero-order valence-corrected chi connectivity index (χ0v) is 17.4. The van der Waals surface area contributed by atoms with Crippen LogP contribution in [-0.2, 0) is 17.4 Å². The van der Waals surface area contributed by atoms with Crippen LogP contribution in [0, 0.1) is 5.41 Å². The Morgan fingerprint density at radius 3 is 2.20 bits per heavy atom. The molecule has 3 nitrogen and oxygen atoms in total. The predicted molar refractivity (Wildman–Crippen MR) is 108 cm³/mol. The van der Waals surface area contributed by atoms with Crippen molar-refractivity contribution < 1.29 is 4.21 Å². The van der Waals surface area contributed by atoms with Gasteiger partial charge in [0.05, 0.1) is 10.5 Å². The summed E-state index contributed by atoms with van der Waals surface area (Å²) in [5, 5.41) is 0. The van der Waals surface area contributed by atoms with Crippen LogP contribution in [0.3, 0.4) is 0 Å². The van der Waals surface area contributed by atoms with Gasteiger partial charge < -0.3 is 0 Å². The average Bonchev–Trinajstić information content (AvgIpc) is 2.79. The minimum atomic E-state index is -1.21. The van der Waals surface area contributed by atoms with E-state index in [4.69, 9.17) is 4.40 Å². The third kappa shape index (κ3) is 3.61. The lowest BCUT2D eigenvalue weighted by Gasteiger charge is -2.45. The van der Waals surface area contributed by atoms with Crippen LogP contribution < -0.4 is 0 Å². The maximum Gasteiger partial charge on any atom is 0.145 e. The van der Waals surface area contributed by atoms with Crippen LogP contribution in [0.4, 0.5) is 0 Å². The van der Waals surface area contributed by atoms with Gasteiger partial charge in [0, 0.05) is 16.5 Å². The molecule has 1 aromatic carbocycles. The van der Waals surface area contributed by atoms with Crippen molar-refractivity contribution in [2.45, 2.75) is 71.1 Å². The maximum absolute atomic E-state index is 12.8. The quantitative estimate of drug-likeness (QED) is 0.745. The lowest BCUT2D eigenvalue weighted by Crippen LogP contribution is -2.50. The second-order valence-corrected chi connectivity index (χ2v) is 11.5. The lowest BCUT2D eigenvalue weighted by molar-refractivity contribution is 0.0721. The summed E-state index contributed by atoms with van der Waals surface area (Å²) in [6.07, 6.45) is 3.24. The molecule has 1 atom stereocenters. The Balaban J connectivity index is 1.97. The minimum Gasteiger partial charge on any atom is -0.298 e. The van der Waals surface area contributed by atoms with Gasteiger partial charge in [-0.05, 0) is 79.5 Å². The van der Waals surface area contributed by atoms with E-state index < -0.39 is 11.0 Å². The molecule has 4 heteroatoms. The molecule has 0 unspecified atom stereocenters. The molecular weight excluding hydrogens is 328 g/mol. The standard InChI is InChI=1S/C21H32N2OS/c1-19(2,3)23-13-11-21(12-14-23)15-16-9-7-8-10-17(16)18(21)22-25(24)20(4,5)6/h7-10H,11-15H2,1-6H3/t25-/m1/s1. The van der Waals surface area contributed by atoms with Crippen LogP contribution in [0.5, 0.6) is 0 Å². The van der Waals surface area contributed by atoms with Crippen LogP contribution in [0.1, 0.15) is 65.5 Å². The van der Waals surface area contributed by atoms with Crippen molar-refractivity contribution >= 4 is 16.7 Å². The van der Waals surface area contributed by atoms with Gasteiger partial charge in [0.15, 0.2) is 0 Å². The monoisotopic (exact) mass is 360 g/mol. The van der Waals surface area contributed by atoms with Crippen molar-refractivity contribution in [2.24, 2.45) is 9.81 Å². The number of likely N-dealkylation sites (tertiary alicyclic amines) is 1. The van der Waals surface area contributed by atoms with Crippen LogP contribution in [0.15, 0.2) is 28.7 Å². The van der Waals surface area contributed by atoms with E-state index in [2.05, 4.69) is 49.9 Å². The summed E-state index contributed by atoms with van der Waals surface area (Å²) >= 11 is 0. The van der Waals surface area contributed by atoms with E-state index >= 15 is 0 Å². The smallest absolute Gasteiger partial charge is 0.145 e. The topological polar surface area (TPSA) is 32.7 Å². The molecular formula is C21H32N2OS. The van der Waals surface area contributed by atoms with E-state index in [1.54, 1.807) is 0 Å². The number of rotatable bonds is 1. The Kier molecular flexibility index (Phi) is 4.74. The van der Waals surface area contributed by atoms with Gasteiger partial charge in [-0.1, -0.05) is 24.3 Å². The third-order valence-electron chi connectivity index (χ3n) is 5.67. The molecule has 0 radical (unpaired) electrons. The molecule has 0 saturated carbocycles. The Morgan fingerprint density at radius 1 is 1.04 bits per heavy atom. The predicted octanol–water partition coefficient (Wildman–Crippen LogP) is 4.37. The highest BCUT2D eigenvalue weighted by Crippen LogP contribution is 2.46. The number of benzene rings is 1. The lowest BCUT2D eigenvalue weighted by atomic mass is 9.74. The van der Waals surface area contributed by atoms with Gasteiger partial charge in [0.1, 0.15) is 11.0 Å². The number of fused-ring (bicyclic) bond motifs is 1. The first-order chi connectivity index (χ1) is 11.5. The SMILES string of the molecule is CC(C)(C)N1CCC2(CC1)Cc1ccccc1C2=N[S@](=O)C(C)(C)C. The van der Waals surface area contributed by atoms with Gasteiger partial charge in [-0.25, -0.2) is 4.21 Å². The molecule has 1 saturated heterocycles. The molecule has 0 amide bonds. The normalized spacial score (nSPS) is 23.8. The van der Waals surface area contributed by atoms with Crippen molar-refractivity contribution in [3.63, 3.8) is 0 Å². The van der Waals surface area contributed by atoms with Gasteiger partial charge in [0.25, 0.3) is 0 Å². The van der Waals surface area contributed by atoms with E-state index in [9.17, 15) is 4.21 Å². The first kappa shape index (κ1) is 18.8. The molecule has 0 N–H and O–H groups in total. The summed E-state index contributed by atoms with van der Waals surface area (Å²) in [4.78, 5) is 2.57. The van der Waals surface area contributed by atoms with Crippen molar-refractivity contribution in [1.82, 2.24) is 4.90 Å². The Morgan fingerprint density at radius 2 is 1.64 bits per heavy atom. The molecule has 1 heterocycles. The number of piperidine rings is 1. The van der Waals surface area contributed by atoms with E-state index in [-0.39, 0.29) is 15.7 Å². The molecule has 0 bridgehead atoms. The molecule has 3 rings (SSSR count). The molecule has 1 spiro atoms. The molecule has 1 aromatic rings. The van der Waals surface area contributed by atoms with Crippen molar-refractivity contribution in [2.75, 3.05) is 13.1 Å².